The van der Waals surface area contributed by atoms with Gasteiger partial charge < -0.3 is 10.1 Å². The van der Waals surface area contributed by atoms with Crippen molar-refractivity contribution in [1.82, 2.24) is 20.4 Å². The summed E-state index contributed by atoms with van der Waals surface area (Å²) in [6.45, 7) is 1.51. The van der Waals surface area contributed by atoms with Crippen molar-refractivity contribution in [3.05, 3.63) is 73.7 Å². The molecule has 0 aliphatic rings. The van der Waals surface area contributed by atoms with Gasteiger partial charge in [-0.1, -0.05) is 47.5 Å². The molecule has 0 unspecified atom stereocenters. The summed E-state index contributed by atoms with van der Waals surface area (Å²) in [4.78, 5) is 37.0. The van der Waals surface area contributed by atoms with Crippen LogP contribution in [0.5, 0.6) is 0 Å². The SMILES string of the molecule is Cc1nn(Cc2ccccc2Cl)c(Cl)c1C(=O)OCC(=O)NC(=O)NCc1cccs1. The maximum atomic E-state index is 12.4. The van der Waals surface area contributed by atoms with E-state index in [0.717, 1.165) is 10.4 Å². The van der Waals surface area contributed by atoms with Crippen molar-refractivity contribution in [3.63, 3.8) is 0 Å². The van der Waals surface area contributed by atoms with Crippen LogP contribution in [0.4, 0.5) is 4.79 Å². The van der Waals surface area contributed by atoms with Gasteiger partial charge in [-0.25, -0.2) is 14.3 Å². The summed E-state index contributed by atoms with van der Waals surface area (Å²) in [7, 11) is 0. The molecule has 0 atom stereocenters. The third kappa shape index (κ3) is 6.06. The highest BCUT2D eigenvalue weighted by Gasteiger charge is 2.23. The van der Waals surface area contributed by atoms with Gasteiger partial charge in [-0.15, -0.1) is 11.3 Å². The molecule has 3 aromatic rings. The molecule has 162 valence electrons. The Kier molecular flexibility index (Phi) is 7.67. The third-order valence-corrected chi connectivity index (χ3v) is 5.77. The fraction of sp³-hybridized carbons (Fsp3) is 0.200. The third-order valence-electron chi connectivity index (χ3n) is 4.14. The molecule has 2 N–H and O–H groups in total. The summed E-state index contributed by atoms with van der Waals surface area (Å²) in [6, 6.07) is 10.2. The van der Waals surface area contributed by atoms with Crippen molar-refractivity contribution >= 4 is 52.4 Å². The van der Waals surface area contributed by atoms with Gasteiger partial charge in [-0.3, -0.25) is 10.1 Å². The van der Waals surface area contributed by atoms with E-state index in [1.165, 1.54) is 16.0 Å². The van der Waals surface area contributed by atoms with Gasteiger partial charge in [0.15, 0.2) is 6.61 Å². The Labute approximate surface area is 192 Å². The van der Waals surface area contributed by atoms with Crippen LogP contribution in [0, 0.1) is 6.92 Å². The first-order valence-electron chi connectivity index (χ1n) is 9.08. The molecule has 11 heteroatoms. The smallest absolute Gasteiger partial charge is 0.343 e. The number of esters is 1. The number of hydrogen-bond donors (Lipinski definition) is 2. The van der Waals surface area contributed by atoms with E-state index in [4.69, 9.17) is 27.9 Å². The summed E-state index contributed by atoms with van der Waals surface area (Å²) >= 11 is 13.9. The number of carbonyl (C=O) groups excluding carboxylic acids is 3. The number of nitrogens with one attached hydrogen (secondary N) is 2. The highest BCUT2D eigenvalue weighted by Crippen LogP contribution is 2.24. The van der Waals surface area contributed by atoms with Crippen LogP contribution < -0.4 is 10.6 Å². The standard InChI is InChI=1S/C20H18Cl2N4O4S/c1-12-17(18(22)26(25-12)10-13-5-2-3-7-15(13)21)19(28)30-11-16(27)24-20(29)23-9-14-6-4-8-31-14/h2-8H,9-11H2,1H3,(H2,23,24,27,29). The Hall–Kier alpha value is -2.88. The van der Waals surface area contributed by atoms with Crippen LogP contribution in [0.1, 0.15) is 26.5 Å². The van der Waals surface area contributed by atoms with Crippen molar-refractivity contribution in [3.8, 4) is 0 Å². The van der Waals surface area contributed by atoms with Crippen LogP contribution in [-0.2, 0) is 22.6 Å². The summed E-state index contributed by atoms with van der Waals surface area (Å²) in [6.07, 6.45) is 0. The van der Waals surface area contributed by atoms with E-state index in [9.17, 15) is 14.4 Å². The van der Waals surface area contributed by atoms with Gasteiger partial charge in [-0.2, -0.15) is 5.10 Å². The number of amides is 3. The highest BCUT2D eigenvalue weighted by atomic mass is 35.5. The Morgan fingerprint density at radius 1 is 1.16 bits per heavy atom. The number of hydrogen-bond acceptors (Lipinski definition) is 6. The predicted molar refractivity (Wildman–Crippen MR) is 118 cm³/mol. The zero-order valence-electron chi connectivity index (χ0n) is 16.4. The summed E-state index contributed by atoms with van der Waals surface area (Å²) < 4.78 is 6.42. The lowest BCUT2D eigenvalue weighted by Crippen LogP contribution is -2.41. The Morgan fingerprint density at radius 3 is 2.65 bits per heavy atom. The van der Waals surface area contributed by atoms with E-state index >= 15 is 0 Å². The number of halogens is 2. The fourth-order valence-corrected chi connectivity index (χ4v) is 3.82. The molecule has 0 saturated carbocycles. The average molecular weight is 481 g/mol. The van der Waals surface area contributed by atoms with Gasteiger partial charge in [0.05, 0.1) is 18.8 Å². The molecular formula is C20H18Cl2N4O4S. The summed E-state index contributed by atoms with van der Waals surface area (Å²) in [5, 5.41) is 11.4. The number of thiophene rings is 1. The summed E-state index contributed by atoms with van der Waals surface area (Å²) in [5.41, 5.74) is 1.17. The molecule has 0 radical (unpaired) electrons. The van der Waals surface area contributed by atoms with Crippen molar-refractivity contribution in [2.45, 2.75) is 20.0 Å². The van der Waals surface area contributed by atoms with E-state index in [0.29, 0.717) is 10.7 Å². The normalized spacial score (nSPS) is 10.5. The molecule has 0 fully saturated rings. The first-order valence-corrected chi connectivity index (χ1v) is 10.7. The second kappa shape index (κ2) is 10.4. The maximum absolute atomic E-state index is 12.4. The predicted octanol–water partition coefficient (Wildman–Crippen LogP) is 3.79. The van der Waals surface area contributed by atoms with E-state index < -0.39 is 24.5 Å². The number of aromatic nitrogens is 2. The number of rotatable bonds is 7. The topological polar surface area (TPSA) is 102 Å². The molecule has 2 heterocycles. The minimum absolute atomic E-state index is 0.0451. The van der Waals surface area contributed by atoms with Gasteiger partial charge in [0.2, 0.25) is 0 Å². The minimum atomic E-state index is -0.818. The number of urea groups is 1. The molecule has 31 heavy (non-hydrogen) atoms. The lowest BCUT2D eigenvalue weighted by molar-refractivity contribution is -0.123. The highest BCUT2D eigenvalue weighted by molar-refractivity contribution is 7.09. The molecule has 3 rings (SSSR count). The maximum Gasteiger partial charge on any atom is 0.343 e. The number of benzene rings is 1. The molecule has 0 aliphatic heterocycles. The fourth-order valence-electron chi connectivity index (χ4n) is 2.67. The average Bonchev–Trinajstić information content (AvgIpc) is 3.34. The largest absolute Gasteiger partial charge is 0.452 e. The first kappa shape index (κ1) is 22.8. The van der Waals surface area contributed by atoms with E-state index in [2.05, 4.69) is 15.7 Å². The molecule has 0 aliphatic carbocycles. The van der Waals surface area contributed by atoms with Crippen LogP contribution in [0.15, 0.2) is 41.8 Å². The van der Waals surface area contributed by atoms with Crippen molar-refractivity contribution in [2.75, 3.05) is 6.61 Å². The number of aryl methyl sites for hydroxylation is 1. The van der Waals surface area contributed by atoms with Crippen molar-refractivity contribution in [2.24, 2.45) is 0 Å². The molecule has 2 aromatic heterocycles. The van der Waals surface area contributed by atoms with E-state index in [1.807, 2.05) is 29.6 Å². The second-order valence-electron chi connectivity index (χ2n) is 6.39. The lowest BCUT2D eigenvalue weighted by Gasteiger charge is -2.07. The molecule has 3 amide bonds. The number of ether oxygens (including phenoxy) is 1. The van der Waals surface area contributed by atoms with Crippen LogP contribution in [0.2, 0.25) is 10.2 Å². The molecule has 8 nitrogen and oxygen atoms in total. The van der Waals surface area contributed by atoms with Gasteiger partial charge in [0, 0.05) is 9.90 Å². The number of imide groups is 1. The Morgan fingerprint density at radius 2 is 1.94 bits per heavy atom. The second-order valence-corrected chi connectivity index (χ2v) is 8.18. The van der Waals surface area contributed by atoms with Gasteiger partial charge in [0.25, 0.3) is 5.91 Å². The molecule has 0 bridgehead atoms. The van der Waals surface area contributed by atoms with Gasteiger partial charge >= 0.3 is 12.0 Å². The molecule has 0 saturated heterocycles. The minimum Gasteiger partial charge on any atom is -0.452 e. The van der Waals surface area contributed by atoms with Crippen molar-refractivity contribution in [1.29, 1.82) is 0 Å². The van der Waals surface area contributed by atoms with Gasteiger partial charge in [-0.05, 0) is 30.0 Å². The zero-order valence-corrected chi connectivity index (χ0v) is 18.7. The van der Waals surface area contributed by atoms with Crippen LogP contribution in [0.25, 0.3) is 0 Å². The Balaban J connectivity index is 1.54. The van der Waals surface area contributed by atoms with E-state index in [-0.39, 0.29) is 23.8 Å². The van der Waals surface area contributed by atoms with Crippen LogP contribution in [0.3, 0.4) is 0 Å². The molecular weight excluding hydrogens is 463 g/mol. The zero-order chi connectivity index (χ0) is 22.4. The van der Waals surface area contributed by atoms with Crippen molar-refractivity contribution < 1.29 is 19.1 Å². The van der Waals surface area contributed by atoms with Crippen LogP contribution in [-0.4, -0.2) is 34.3 Å². The van der Waals surface area contributed by atoms with E-state index in [1.54, 1.807) is 19.1 Å². The monoisotopic (exact) mass is 480 g/mol. The molecule has 1 aromatic carbocycles. The van der Waals surface area contributed by atoms with Crippen LogP contribution >= 0.6 is 34.5 Å². The molecule has 0 spiro atoms. The lowest BCUT2D eigenvalue weighted by atomic mass is 10.2. The quantitative estimate of drug-likeness (QED) is 0.500. The number of carbonyl (C=O) groups is 3. The number of nitrogens with zero attached hydrogens (tertiary/aromatic N) is 2. The summed E-state index contributed by atoms with van der Waals surface area (Å²) in [5.74, 6) is -1.59. The first-order chi connectivity index (χ1) is 14.8. The van der Waals surface area contributed by atoms with Gasteiger partial charge in [0.1, 0.15) is 10.7 Å². The Bertz CT molecular complexity index is 1100.